The van der Waals surface area contributed by atoms with Gasteiger partial charge >= 0.3 is 6.09 Å². The second-order valence-corrected chi connectivity index (χ2v) is 11.1. The number of anilines is 1. The molecule has 2 amide bonds. The summed E-state index contributed by atoms with van der Waals surface area (Å²) in [6, 6.07) is 22.0. The molecule has 1 saturated heterocycles. The van der Waals surface area contributed by atoms with Crippen LogP contribution in [0.25, 0.3) is 21.3 Å². The van der Waals surface area contributed by atoms with Crippen LogP contribution < -0.4 is 10.1 Å². The lowest BCUT2D eigenvalue weighted by molar-refractivity contribution is 0.102. The molecule has 10 nitrogen and oxygen atoms in total. The molecular weight excluding hydrogens is 540 g/mol. The highest BCUT2D eigenvalue weighted by atomic mass is 32.1. The quantitative estimate of drug-likeness (QED) is 0.295. The minimum Gasteiger partial charge on any atom is -0.495 e. The van der Waals surface area contributed by atoms with E-state index < -0.39 is 5.91 Å². The normalized spacial score (nSPS) is 16.0. The molecule has 206 valence electrons. The summed E-state index contributed by atoms with van der Waals surface area (Å²) in [4.78, 5) is 32.0. The van der Waals surface area contributed by atoms with Crippen molar-refractivity contribution in [3.63, 3.8) is 0 Å². The van der Waals surface area contributed by atoms with Crippen molar-refractivity contribution in [1.82, 2.24) is 24.9 Å². The Labute approximate surface area is 239 Å². The molecule has 1 fully saturated rings. The Hall–Kier alpha value is -4.77. The molecule has 0 spiro atoms. The molecule has 41 heavy (non-hydrogen) atoms. The average Bonchev–Trinajstić information content (AvgIpc) is 3.80. The van der Waals surface area contributed by atoms with E-state index in [0.717, 1.165) is 10.2 Å². The van der Waals surface area contributed by atoms with Crippen molar-refractivity contribution in [2.45, 2.75) is 18.4 Å². The van der Waals surface area contributed by atoms with Gasteiger partial charge in [-0.1, -0.05) is 71.1 Å². The van der Waals surface area contributed by atoms with E-state index in [9.17, 15) is 9.59 Å². The molecule has 2 aliphatic rings. The molecule has 2 aromatic heterocycles. The highest BCUT2D eigenvalue weighted by Gasteiger charge is 2.33. The first kappa shape index (κ1) is 25.2. The summed E-state index contributed by atoms with van der Waals surface area (Å²) < 4.78 is 13.7. The molecule has 0 bridgehead atoms. The van der Waals surface area contributed by atoms with Crippen molar-refractivity contribution in [2.75, 3.05) is 32.1 Å². The van der Waals surface area contributed by atoms with Gasteiger partial charge in [-0.2, -0.15) is 0 Å². The van der Waals surface area contributed by atoms with Gasteiger partial charge in [0.2, 0.25) is 0 Å². The minimum absolute atomic E-state index is 0.0117. The van der Waals surface area contributed by atoms with Crippen LogP contribution in [0.15, 0.2) is 72.9 Å². The predicted octanol–water partition coefficient (Wildman–Crippen LogP) is 5.34. The van der Waals surface area contributed by atoms with Crippen LogP contribution in [0, 0.1) is 0 Å². The highest BCUT2D eigenvalue weighted by molar-refractivity contribution is 7.22. The van der Waals surface area contributed by atoms with E-state index in [0.29, 0.717) is 30.4 Å². The summed E-state index contributed by atoms with van der Waals surface area (Å²) in [5, 5.41) is 11.5. The molecule has 0 radical (unpaired) electrons. The molecule has 3 heterocycles. The van der Waals surface area contributed by atoms with Crippen molar-refractivity contribution in [3.05, 3.63) is 89.7 Å². The maximum Gasteiger partial charge on any atom is 0.409 e. The number of amides is 2. The van der Waals surface area contributed by atoms with E-state index in [1.807, 2.05) is 42.5 Å². The zero-order valence-electron chi connectivity index (χ0n) is 22.2. The SMILES string of the molecule is COc1cccc2nc(NC(=O)c3cn(C4CCN(C(=O)OCC5c6ccccc6-c6ccccc65)C4)nn3)sc12. The summed E-state index contributed by atoms with van der Waals surface area (Å²) in [6.07, 6.45) is 1.94. The van der Waals surface area contributed by atoms with Crippen LogP contribution in [-0.2, 0) is 4.74 Å². The Bertz CT molecular complexity index is 1740. The lowest BCUT2D eigenvalue weighted by Gasteiger charge is -2.19. The summed E-state index contributed by atoms with van der Waals surface area (Å²) >= 11 is 1.33. The smallest absolute Gasteiger partial charge is 0.409 e. The second kappa shape index (κ2) is 10.3. The largest absolute Gasteiger partial charge is 0.495 e. The van der Waals surface area contributed by atoms with Crippen molar-refractivity contribution >= 4 is 38.7 Å². The fourth-order valence-electron chi connectivity index (χ4n) is 5.67. The molecular formula is C30H26N6O4S. The maximum absolute atomic E-state index is 13.0. The molecule has 1 N–H and O–H groups in total. The van der Waals surface area contributed by atoms with Gasteiger partial charge in [-0.3, -0.25) is 10.1 Å². The zero-order chi connectivity index (χ0) is 27.9. The Kier molecular flexibility index (Phi) is 6.35. The van der Waals surface area contributed by atoms with E-state index in [2.05, 4.69) is 44.9 Å². The Morgan fingerprint density at radius 1 is 1.02 bits per heavy atom. The van der Waals surface area contributed by atoms with Gasteiger partial charge in [0.05, 0.1) is 29.6 Å². The Morgan fingerprint density at radius 2 is 1.78 bits per heavy atom. The molecule has 1 unspecified atom stereocenters. The van der Waals surface area contributed by atoms with E-state index in [1.165, 1.54) is 33.6 Å². The van der Waals surface area contributed by atoms with Crippen molar-refractivity contribution < 1.29 is 19.1 Å². The van der Waals surface area contributed by atoms with Crippen LogP contribution in [-0.4, -0.2) is 63.7 Å². The van der Waals surface area contributed by atoms with Gasteiger partial charge in [0, 0.05) is 19.0 Å². The van der Waals surface area contributed by atoms with Gasteiger partial charge in [-0.05, 0) is 40.8 Å². The standard InChI is InChI=1S/C30H26N6O4S/c1-39-26-12-6-11-24-27(26)41-29(31-24)32-28(37)25-16-36(34-33-25)18-13-14-35(15-18)30(38)40-17-23-21-9-4-2-7-19(21)20-8-3-5-10-22(20)23/h2-12,16,18,23H,13-15,17H2,1H3,(H,31,32,37). The topological polar surface area (TPSA) is 111 Å². The number of hydrogen-bond acceptors (Lipinski definition) is 8. The number of carbonyl (C=O) groups is 2. The van der Waals surface area contributed by atoms with Crippen LogP contribution >= 0.6 is 11.3 Å². The van der Waals surface area contributed by atoms with E-state index in [-0.39, 0.29) is 30.4 Å². The number of likely N-dealkylation sites (tertiary alicyclic amines) is 1. The summed E-state index contributed by atoms with van der Waals surface area (Å²) in [5.74, 6) is 0.312. The highest BCUT2D eigenvalue weighted by Crippen LogP contribution is 2.44. The van der Waals surface area contributed by atoms with Gasteiger partial charge in [0.25, 0.3) is 5.91 Å². The molecule has 7 rings (SSSR count). The number of fused-ring (bicyclic) bond motifs is 4. The molecule has 1 aliphatic heterocycles. The van der Waals surface area contributed by atoms with Gasteiger partial charge in [0.1, 0.15) is 12.4 Å². The molecule has 5 aromatic rings. The van der Waals surface area contributed by atoms with Crippen molar-refractivity contribution in [3.8, 4) is 16.9 Å². The number of aromatic nitrogens is 4. The number of nitrogens with one attached hydrogen (secondary N) is 1. The van der Waals surface area contributed by atoms with Gasteiger partial charge in [-0.15, -0.1) is 5.10 Å². The number of methoxy groups -OCH3 is 1. The molecule has 1 aliphatic carbocycles. The van der Waals surface area contributed by atoms with Crippen LogP contribution in [0.4, 0.5) is 9.93 Å². The number of rotatable bonds is 6. The lowest BCUT2D eigenvalue weighted by atomic mass is 9.98. The zero-order valence-corrected chi connectivity index (χ0v) is 23.0. The van der Waals surface area contributed by atoms with E-state index >= 15 is 0 Å². The number of carbonyl (C=O) groups excluding carboxylic acids is 2. The first-order valence-corrected chi connectivity index (χ1v) is 14.2. The number of thiazole rings is 1. The number of hydrogen-bond donors (Lipinski definition) is 1. The first-order chi connectivity index (χ1) is 20.1. The third kappa shape index (κ3) is 4.57. The van der Waals surface area contributed by atoms with Gasteiger partial charge in [0.15, 0.2) is 10.8 Å². The van der Waals surface area contributed by atoms with Crippen LogP contribution in [0.3, 0.4) is 0 Å². The van der Waals surface area contributed by atoms with E-state index in [1.54, 1.807) is 22.9 Å². The van der Waals surface area contributed by atoms with Gasteiger partial charge < -0.3 is 14.4 Å². The molecule has 1 atom stereocenters. The molecule has 3 aromatic carbocycles. The third-order valence-corrected chi connectivity index (χ3v) is 8.70. The molecule has 11 heteroatoms. The van der Waals surface area contributed by atoms with Crippen LogP contribution in [0.1, 0.15) is 40.0 Å². The van der Waals surface area contributed by atoms with Gasteiger partial charge in [-0.25, -0.2) is 14.5 Å². The Balaban J connectivity index is 0.974. The minimum atomic E-state index is -0.402. The molecule has 0 saturated carbocycles. The second-order valence-electron chi connectivity index (χ2n) is 10.1. The number of ether oxygens (including phenoxy) is 2. The average molecular weight is 567 g/mol. The fraction of sp³-hybridized carbons (Fsp3) is 0.233. The van der Waals surface area contributed by atoms with E-state index in [4.69, 9.17) is 9.47 Å². The number of benzene rings is 3. The monoisotopic (exact) mass is 566 g/mol. The summed E-state index contributed by atoms with van der Waals surface area (Å²) in [5.41, 5.74) is 5.67. The van der Waals surface area contributed by atoms with Crippen LogP contribution in [0.2, 0.25) is 0 Å². The third-order valence-electron chi connectivity index (χ3n) is 7.69. The lowest BCUT2D eigenvalue weighted by Crippen LogP contribution is -2.31. The van der Waals surface area contributed by atoms with Crippen LogP contribution in [0.5, 0.6) is 5.75 Å². The number of nitrogens with zero attached hydrogens (tertiary/aromatic N) is 5. The Morgan fingerprint density at radius 3 is 2.54 bits per heavy atom. The predicted molar refractivity (Wildman–Crippen MR) is 154 cm³/mol. The fourth-order valence-corrected chi connectivity index (χ4v) is 6.62. The van der Waals surface area contributed by atoms with Crippen molar-refractivity contribution in [1.29, 1.82) is 0 Å². The summed E-state index contributed by atoms with van der Waals surface area (Å²) in [7, 11) is 1.60. The maximum atomic E-state index is 13.0. The summed E-state index contributed by atoms with van der Waals surface area (Å²) in [6.45, 7) is 1.24. The first-order valence-electron chi connectivity index (χ1n) is 13.4. The van der Waals surface area contributed by atoms with Crippen molar-refractivity contribution in [2.24, 2.45) is 0 Å².